The summed E-state index contributed by atoms with van der Waals surface area (Å²) in [7, 11) is 0. The lowest BCUT2D eigenvalue weighted by atomic mass is 10.0. The minimum absolute atomic E-state index is 0.659. The number of hydrogen-bond acceptors (Lipinski definition) is 2. The zero-order valence-electron chi connectivity index (χ0n) is 9.70. The van der Waals surface area contributed by atoms with Crippen LogP contribution in [0.2, 0.25) is 0 Å². The van der Waals surface area contributed by atoms with Gasteiger partial charge in [-0.05, 0) is 53.5 Å². The second-order valence-electron chi connectivity index (χ2n) is 4.98. The maximum Gasteiger partial charge on any atom is 0.00699 e. The minimum Gasteiger partial charge on any atom is -0.313 e. The molecule has 0 spiro atoms. The standard InChI is InChI=1S/C13H21NS/c1-10-3-4-13(7-10)14-8-11(2)12-5-6-15-9-12/h5-6,9-11,13-14H,3-4,7-8H2,1-2H3. The highest BCUT2D eigenvalue weighted by Crippen LogP contribution is 2.25. The Morgan fingerprint density at radius 3 is 3.00 bits per heavy atom. The molecule has 1 fully saturated rings. The van der Waals surface area contributed by atoms with Gasteiger partial charge in [-0.1, -0.05) is 13.8 Å². The lowest BCUT2D eigenvalue weighted by Gasteiger charge is -2.16. The van der Waals surface area contributed by atoms with Crippen molar-refractivity contribution in [2.24, 2.45) is 5.92 Å². The number of nitrogens with one attached hydrogen (secondary N) is 1. The predicted octanol–water partition coefficient (Wildman–Crippen LogP) is 3.63. The van der Waals surface area contributed by atoms with Crippen molar-refractivity contribution in [1.29, 1.82) is 0 Å². The molecule has 0 aromatic carbocycles. The molecule has 0 bridgehead atoms. The van der Waals surface area contributed by atoms with E-state index >= 15 is 0 Å². The normalized spacial score (nSPS) is 28.1. The Balaban J connectivity index is 1.74. The van der Waals surface area contributed by atoms with Crippen molar-refractivity contribution < 1.29 is 0 Å². The number of hydrogen-bond donors (Lipinski definition) is 1. The first kappa shape index (κ1) is 11.2. The number of thiophene rings is 1. The van der Waals surface area contributed by atoms with Crippen LogP contribution in [0.1, 0.15) is 44.6 Å². The van der Waals surface area contributed by atoms with E-state index in [2.05, 4.69) is 36.0 Å². The highest BCUT2D eigenvalue weighted by Gasteiger charge is 2.21. The average Bonchev–Trinajstić information content (AvgIpc) is 2.84. The van der Waals surface area contributed by atoms with E-state index in [0.717, 1.165) is 18.5 Å². The molecular weight excluding hydrogens is 202 g/mol. The second-order valence-corrected chi connectivity index (χ2v) is 5.76. The van der Waals surface area contributed by atoms with Crippen LogP contribution >= 0.6 is 11.3 Å². The SMILES string of the molecule is CC1CCC(NCC(C)c2ccsc2)C1. The van der Waals surface area contributed by atoms with Gasteiger partial charge in [0.2, 0.25) is 0 Å². The van der Waals surface area contributed by atoms with E-state index in [-0.39, 0.29) is 0 Å². The summed E-state index contributed by atoms with van der Waals surface area (Å²) in [5.41, 5.74) is 1.48. The quantitative estimate of drug-likeness (QED) is 0.822. The summed E-state index contributed by atoms with van der Waals surface area (Å²) in [6, 6.07) is 3.02. The zero-order chi connectivity index (χ0) is 10.7. The fourth-order valence-corrected chi connectivity index (χ4v) is 3.19. The summed E-state index contributed by atoms with van der Waals surface area (Å²) in [6.07, 6.45) is 4.15. The lowest BCUT2D eigenvalue weighted by molar-refractivity contribution is 0.484. The van der Waals surface area contributed by atoms with Gasteiger partial charge >= 0.3 is 0 Å². The molecule has 1 nitrogen and oxygen atoms in total. The Hall–Kier alpha value is -0.340. The average molecular weight is 223 g/mol. The molecule has 1 aromatic heterocycles. The summed E-state index contributed by atoms with van der Waals surface area (Å²) in [5, 5.41) is 8.14. The van der Waals surface area contributed by atoms with Gasteiger partial charge in [0.15, 0.2) is 0 Å². The van der Waals surface area contributed by atoms with Gasteiger partial charge < -0.3 is 5.32 Å². The summed E-state index contributed by atoms with van der Waals surface area (Å²) in [5.74, 6) is 1.59. The largest absolute Gasteiger partial charge is 0.313 e. The van der Waals surface area contributed by atoms with Crippen LogP contribution in [0, 0.1) is 5.92 Å². The van der Waals surface area contributed by atoms with Crippen LogP contribution in [0.3, 0.4) is 0 Å². The molecular formula is C13H21NS. The van der Waals surface area contributed by atoms with Crippen molar-refractivity contribution in [1.82, 2.24) is 5.32 Å². The fraction of sp³-hybridized carbons (Fsp3) is 0.692. The Morgan fingerprint density at radius 2 is 2.40 bits per heavy atom. The van der Waals surface area contributed by atoms with Gasteiger partial charge in [0.05, 0.1) is 0 Å². The molecule has 15 heavy (non-hydrogen) atoms. The van der Waals surface area contributed by atoms with Gasteiger partial charge in [0.1, 0.15) is 0 Å². The van der Waals surface area contributed by atoms with Gasteiger partial charge in [0.25, 0.3) is 0 Å². The summed E-state index contributed by atoms with van der Waals surface area (Å²) in [4.78, 5) is 0. The first-order valence-electron chi connectivity index (χ1n) is 6.01. The Morgan fingerprint density at radius 1 is 1.53 bits per heavy atom. The van der Waals surface area contributed by atoms with Crippen LogP contribution in [-0.4, -0.2) is 12.6 Å². The Labute approximate surface area is 96.9 Å². The second kappa shape index (κ2) is 5.13. The third-order valence-electron chi connectivity index (χ3n) is 3.52. The molecule has 1 saturated carbocycles. The predicted molar refractivity (Wildman–Crippen MR) is 67.5 cm³/mol. The summed E-state index contributed by atoms with van der Waals surface area (Å²) >= 11 is 1.80. The van der Waals surface area contributed by atoms with E-state index in [0.29, 0.717) is 5.92 Å². The molecule has 1 N–H and O–H groups in total. The smallest absolute Gasteiger partial charge is 0.00699 e. The van der Waals surface area contributed by atoms with E-state index in [1.165, 1.54) is 24.8 Å². The molecule has 3 unspecified atom stereocenters. The summed E-state index contributed by atoms with van der Waals surface area (Å²) < 4.78 is 0. The van der Waals surface area contributed by atoms with E-state index < -0.39 is 0 Å². The van der Waals surface area contributed by atoms with E-state index in [1.54, 1.807) is 11.3 Å². The Bertz CT molecular complexity index is 281. The van der Waals surface area contributed by atoms with Crippen LogP contribution in [0.25, 0.3) is 0 Å². The van der Waals surface area contributed by atoms with Crippen molar-refractivity contribution >= 4 is 11.3 Å². The van der Waals surface area contributed by atoms with E-state index in [4.69, 9.17) is 0 Å². The van der Waals surface area contributed by atoms with Crippen LogP contribution in [0.4, 0.5) is 0 Å². The molecule has 1 aromatic rings. The molecule has 2 rings (SSSR count). The van der Waals surface area contributed by atoms with Crippen molar-refractivity contribution in [2.75, 3.05) is 6.54 Å². The first-order chi connectivity index (χ1) is 7.25. The van der Waals surface area contributed by atoms with Gasteiger partial charge in [-0.2, -0.15) is 11.3 Å². The Kier molecular flexibility index (Phi) is 3.81. The number of rotatable bonds is 4. The van der Waals surface area contributed by atoms with Gasteiger partial charge in [-0.3, -0.25) is 0 Å². The molecule has 1 heterocycles. The van der Waals surface area contributed by atoms with Crippen molar-refractivity contribution in [3.05, 3.63) is 22.4 Å². The van der Waals surface area contributed by atoms with E-state index in [1.807, 2.05) is 0 Å². The van der Waals surface area contributed by atoms with Crippen molar-refractivity contribution in [3.63, 3.8) is 0 Å². The van der Waals surface area contributed by atoms with E-state index in [9.17, 15) is 0 Å². The molecule has 2 heteroatoms. The van der Waals surface area contributed by atoms with Crippen LogP contribution in [-0.2, 0) is 0 Å². The van der Waals surface area contributed by atoms with Gasteiger partial charge in [-0.15, -0.1) is 0 Å². The van der Waals surface area contributed by atoms with Crippen LogP contribution in [0.5, 0.6) is 0 Å². The topological polar surface area (TPSA) is 12.0 Å². The molecule has 0 aliphatic heterocycles. The maximum atomic E-state index is 3.70. The summed E-state index contributed by atoms with van der Waals surface area (Å²) in [6.45, 7) is 5.81. The molecule has 3 atom stereocenters. The van der Waals surface area contributed by atoms with Crippen LogP contribution in [0.15, 0.2) is 16.8 Å². The molecule has 0 saturated heterocycles. The molecule has 0 amide bonds. The molecule has 1 aliphatic rings. The highest BCUT2D eigenvalue weighted by atomic mass is 32.1. The highest BCUT2D eigenvalue weighted by molar-refractivity contribution is 7.07. The van der Waals surface area contributed by atoms with Crippen LogP contribution < -0.4 is 5.32 Å². The third kappa shape index (κ3) is 3.05. The van der Waals surface area contributed by atoms with Gasteiger partial charge in [-0.25, -0.2) is 0 Å². The third-order valence-corrected chi connectivity index (χ3v) is 4.22. The first-order valence-corrected chi connectivity index (χ1v) is 6.95. The lowest BCUT2D eigenvalue weighted by Crippen LogP contribution is -2.29. The fourth-order valence-electron chi connectivity index (χ4n) is 2.41. The maximum absolute atomic E-state index is 3.70. The molecule has 0 radical (unpaired) electrons. The zero-order valence-corrected chi connectivity index (χ0v) is 10.5. The van der Waals surface area contributed by atoms with Crippen molar-refractivity contribution in [2.45, 2.75) is 45.1 Å². The molecule has 84 valence electrons. The van der Waals surface area contributed by atoms with Crippen molar-refractivity contribution in [3.8, 4) is 0 Å². The molecule has 1 aliphatic carbocycles. The monoisotopic (exact) mass is 223 g/mol. The minimum atomic E-state index is 0.659. The van der Waals surface area contributed by atoms with Gasteiger partial charge in [0, 0.05) is 12.6 Å².